The van der Waals surface area contributed by atoms with Crippen LogP contribution in [0.2, 0.25) is 10.3 Å². The highest BCUT2D eigenvalue weighted by Gasteiger charge is 2.12. The Hall–Kier alpha value is -1.32. The summed E-state index contributed by atoms with van der Waals surface area (Å²) in [6, 6.07) is 11.6. The van der Waals surface area contributed by atoms with Crippen molar-refractivity contribution >= 4 is 34.6 Å². The molecule has 0 saturated heterocycles. The summed E-state index contributed by atoms with van der Waals surface area (Å²) < 4.78 is 0. The summed E-state index contributed by atoms with van der Waals surface area (Å²) in [5.74, 6) is 0. The molecule has 0 amide bonds. The van der Waals surface area contributed by atoms with Crippen molar-refractivity contribution in [2.45, 2.75) is 6.92 Å². The number of hydrogen-bond donors (Lipinski definition) is 0. The normalized spacial score (nSPS) is 10.3. The number of nitrogens with zero attached hydrogens (tertiary/aromatic N) is 3. The first-order valence-electron chi connectivity index (χ1n) is 5.23. The largest absolute Gasteiger partial charge is 0.339 e. The van der Waals surface area contributed by atoms with Gasteiger partial charge >= 0.3 is 0 Å². The van der Waals surface area contributed by atoms with E-state index in [9.17, 15) is 0 Å². The first-order valence-corrected chi connectivity index (χ1v) is 5.99. The predicted octanol–water partition coefficient (Wildman–Crippen LogP) is 3.94. The smallest absolute Gasteiger partial charge is 0.175 e. The van der Waals surface area contributed by atoms with Gasteiger partial charge in [-0.3, -0.25) is 0 Å². The lowest BCUT2D eigenvalue weighted by molar-refractivity contribution is 0.974. The molecule has 0 bridgehead atoms. The van der Waals surface area contributed by atoms with Crippen LogP contribution in [0.25, 0.3) is 0 Å². The Balaban J connectivity index is 2.46. The summed E-state index contributed by atoms with van der Waals surface area (Å²) in [6.07, 6.45) is 0. The van der Waals surface area contributed by atoms with E-state index >= 15 is 0 Å². The van der Waals surface area contributed by atoms with E-state index in [1.807, 2.05) is 42.2 Å². The lowest BCUT2D eigenvalue weighted by Gasteiger charge is -2.23. The molecule has 1 aromatic heterocycles. The van der Waals surface area contributed by atoms with Gasteiger partial charge in [0.1, 0.15) is 0 Å². The van der Waals surface area contributed by atoms with Crippen LogP contribution >= 0.6 is 23.2 Å². The van der Waals surface area contributed by atoms with Crippen LogP contribution in [0.4, 0.5) is 11.4 Å². The monoisotopic (exact) mass is 267 g/mol. The van der Waals surface area contributed by atoms with Crippen LogP contribution in [0.5, 0.6) is 0 Å². The highest BCUT2D eigenvalue weighted by Crippen LogP contribution is 2.31. The number of rotatable bonds is 3. The Kier molecular flexibility index (Phi) is 3.82. The minimum absolute atomic E-state index is 0.332. The number of halogens is 2. The number of para-hydroxylation sites is 1. The third kappa shape index (κ3) is 2.68. The summed E-state index contributed by atoms with van der Waals surface area (Å²) in [5.41, 5.74) is 1.81. The van der Waals surface area contributed by atoms with Gasteiger partial charge in [0.2, 0.25) is 0 Å². The molecule has 0 saturated carbocycles. The summed E-state index contributed by atoms with van der Waals surface area (Å²) in [6.45, 7) is 2.81. The van der Waals surface area contributed by atoms with Crippen molar-refractivity contribution in [2.75, 3.05) is 11.4 Å². The van der Waals surface area contributed by atoms with Crippen LogP contribution in [0, 0.1) is 0 Å². The van der Waals surface area contributed by atoms with Gasteiger partial charge < -0.3 is 4.90 Å². The van der Waals surface area contributed by atoms with Crippen LogP contribution in [0.1, 0.15) is 6.92 Å². The Labute approximate surface area is 110 Å². The molecule has 0 fully saturated rings. The van der Waals surface area contributed by atoms with Gasteiger partial charge in [0.05, 0.1) is 5.69 Å². The standard InChI is InChI=1S/C12H11Cl2N3/c1-2-17(9-6-4-3-5-7-9)10-8-11(13)15-16-12(10)14/h3-8H,2H2,1H3. The number of benzene rings is 1. The van der Waals surface area contributed by atoms with Gasteiger partial charge in [0.15, 0.2) is 10.3 Å². The maximum Gasteiger partial charge on any atom is 0.175 e. The highest BCUT2D eigenvalue weighted by atomic mass is 35.5. The Morgan fingerprint density at radius 2 is 1.82 bits per heavy atom. The fraction of sp³-hybridized carbons (Fsp3) is 0.167. The van der Waals surface area contributed by atoms with Crippen molar-refractivity contribution in [3.63, 3.8) is 0 Å². The van der Waals surface area contributed by atoms with Crippen molar-refractivity contribution < 1.29 is 0 Å². The van der Waals surface area contributed by atoms with Crippen LogP contribution in [0.15, 0.2) is 36.4 Å². The average molecular weight is 268 g/mol. The van der Waals surface area contributed by atoms with Crippen LogP contribution in [-0.4, -0.2) is 16.7 Å². The van der Waals surface area contributed by atoms with E-state index in [1.165, 1.54) is 0 Å². The number of anilines is 2. The molecule has 0 aliphatic heterocycles. The second-order valence-corrected chi connectivity index (χ2v) is 4.17. The van der Waals surface area contributed by atoms with E-state index in [0.717, 1.165) is 17.9 Å². The Morgan fingerprint density at radius 1 is 1.12 bits per heavy atom. The molecule has 88 valence electrons. The molecule has 0 unspecified atom stereocenters. The first kappa shape index (κ1) is 12.1. The highest BCUT2D eigenvalue weighted by molar-refractivity contribution is 6.33. The number of hydrogen-bond acceptors (Lipinski definition) is 3. The second kappa shape index (κ2) is 5.34. The third-order valence-corrected chi connectivity index (χ3v) is 2.83. The molecule has 0 aliphatic carbocycles. The van der Waals surface area contributed by atoms with Gasteiger partial charge in [-0.1, -0.05) is 41.4 Å². The van der Waals surface area contributed by atoms with Crippen LogP contribution in [-0.2, 0) is 0 Å². The zero-order valence-electron chi connectivity index (χ0n) is 9.27. The van der Waals surface area contributed by atoms with Gasteiger partial charge in [0.25, 0.3) is 0 Å². The maximum absolute atomic E-state index is 6.05. The molecule has 1 heterocycles. The Bertz CT molecular complexity index is 502. The molecule has 17 heavy (non-hydrogen) atoms. The summed E-state index contributed by atoms with van der Waals surface area (Å²) in [5, 5.41) is 8.20. The van der Waals surface area contributed by atoms with Crippen molar-refractivity contribution in [3.05, 3.63) is 46.7 Å². The molecular weight excluding hydrogens is 257 g/mol. The molecule has 1 aromatic carbocycles. The molecule has 2 aromatic rings. The van der Waals surface area contributed by atoms with E-state index in [2.05, 4.69) is 10.2 Å². The second-order valence-electron chi connectivity index (χ2n) is 3.42. The van der Waals surface area contributed by atoms with Gasteiger partial charge in [-0.05, 0) is 19.1 Å². The molecule has 0 spiro atoms. The molecular formula is C12H11Cl2N3. The van der Waals surface area contributed by atoms with E-state index in [4.69, 9.17) is 23.2 Å². The van der Waals surface area contributed by atoms with Crippen molar-refractivity contribution in [1.29, 1.82) is 0 Å². The molecule has 0 N–H and O–H groups in total. The molecule has 2 rings (SSSR count). The molecule has 5 heteroatoms. The van der Waals surface area contributed by atoms with Crippen LogP contribution < -0.4 is 4.90 Å². The fourth-order valence-corrected chi connectivity index (χ4v) is 1.97. The predicted molar refractivity (Wildman–Crippen MR) is 71.2 cm³/mol. The molecule has 0 radical (unpaired) electrons. The minimum Gasteiger partial charge on any atom is -0.339 e. The molecule has 0 aliphatic rings. The maximum atomic E-state index is 6.05. The topological polar surface area (TPSA) is 29.0 Å². The summed E-state index contributed by atoms with van der Waals surface area (Å²) in [7, 11) is 0. The first-order chi connectivity index (χ1) is 8.22. The molecule has 0 atom stereocenters. The minimum atomic E-state index is 0.332. The lowest BCUT2D eigenvalue weighted by Crippen LogP contribution is -2.17. The lowest BCUT2D eigenvalue weighted by atomic mass is 10.2. The third-order valence-electron chi connectivity index (χ3n) is 2.38. The van der Waals surface area contributed by atoms with Crippen LogP contribution in [0.3, 0.4) is 0 Å². The van der Waals surface area contributed by atoms with Crippen molar-refractivity contribution in [3.8, 4) is 0 Å². The van der Waals surface area contributed by atoms with Crippen molar-refractivity contribution in [2.24, 2.45) is 0 Å². The average Bonchev–Trinajstić information content (AvgIpc) is 2.36. The van der Waals surface area contributed by atoms with E-state index in [0.29, 0.717) is 10.3 Å². The number of aromatic nitrogens is 2. The fourth-order valence-electron chi connectivity index (χ4n) is 1.63. The molecule has 3 nitrogen and oxygen atoms in total. The van der Waals surface area contributed by atoms with Gasteiger partial charge in [-0.2, -0.15) is 0 Å². The Morgan fingerprint density at radius 3 is 2.47 bits per heavy atom. The van der Waals surface area contributed by atoms with Gasteiger partial charge in [-0.25, -0.2) is 0 Å². The van der Waals surface area contributed by atoms with E-state index < -0.39 is 0 Å². The zero-order chi connectivity index (χ0) is 12.3. The quantitative estimate of drug-likeness (QED) is 0.844. The van der Waals surface area contributed by atoms with Gasteiger partial charge in [0, 0.05) is 18.3 Å². The SMILES string of the molecule is CCN(c1ccccc1)c1cc(Cl)nnc1Cl. The summed E-state index contributed by atoms with van der Waals surface area (Å²) >= 11 is 11.9. The van der Waals surface area contributed by atoms with Gasteiger partial charge in [-0.15, -0.1) is 10.2 Å². The summed E-state index contributed by atoms with van der Waals surface area (Å²) in [4.78, 5) is 2.03. The van der Waals surface area contributed by atoms with E-state index in [1.54, 1.807) is 6.07 Å². The van der Waals surface area contributed by atoms with E-state index in [-0.39, 0.29) is 0 Å². The zero-order valence-corrected chi connectivity index (χ0v) is 10.8. The van der Waals surface area contributed by atoms with Crippen molar-refractivity contribution in [1.82, 2.24) is 10.2 Å².